The number of rotatable bonds is 3. The van der Waals surface area contributed by atoms with Crippen LogP contribution in [0, 0.1) is 6.92 Å². The number of sulfone groups is 1. The van der Waals surface area contributed by atoms with Crippen molar-refractivity contribution in [2.24, 2.45) is 0 Å². The lowest BCUT2D eigenvalue weighted by molar-refractivity contribution is -0.138. The molecule has 0 saturated carbocycles. The Hall–Kier alpha value is -2.39. The molecule has 1 spiro atoms. The third-order valence-electron chi connectivity index (χ3n) is 6.30. The average Bonchev–Trinajstić information content (AvgIpc) is 2.98. The van der Waals surface area contributed by atoms with Crippen LogP contribution in [0.2, 0.25) is 0 Å². The zero-order chi connectivity index (χ0) is 22.2. The van der Waals surface area contributed by atoms with Crippen LogP contribution in [0.5, 0.6) is 5.75 Å². The summed E-state index contributed by atoms with van der Waals surface area (Å²) in [4.78, 5) is 28.5. The van der Waals surface area contributed by atoms with Gasteiger partial charge in [0, 0.05) is 56.4 Å². The molecule has 1 fully saturated rings. The standard InChI is InChI=1S/C22H29N3O5S/c1-16-3-4-20-18(11-16)13-25(17(2)26)15-22(30-20)6-8-24(9-7-22)21(27)12-23-19-5-10-31(28,29)14-19/h3-5,10-11,19,23H,6-9,12-15H2,1-2H3/t19-/m1/s1. The van der Waals surface area contributed by atoms with E-state index >= 15 is 0 Å². The quantitative estimate of drug-likeness (QED) is 0.743. The number of likely N-dealkylation sites (tertiary alicyclic amines) is 1. The molecule has 1 aromatic rings. The second-order valence-electron chi connectivity index (χ2n) is 8.80. The highest BCUT2D eigenvalue weighted by atomic mass is 32.2. The minimum absolute atomic E-state index is 0.00298. The molecule has 0 bridgehead atoms. The van der Waals surface area contributed by atoms with Gasteiger partial charge < -0.3 is 19.9 Å². The normalized spacial score (nSPS) is 23.9. The number of piperidine rings is 1. The van der Waals surface area contributed by atoms with Crippen molar-refractivity contribution in [2.45, 2.75) is 44.9 Å². The Labute approximate surface area is 183 Å². The van der Waals surface area contributed by atoms with Gasteiger partial charge in [-0.25, -0.2) is 8.42 Å². The highest BCUT2D eigenvalue weighted by Crippen LogP contribution is 2.36. The summed E-state index contributed by atoms with van der Waals surface area (Å²) in [6.07, 6.45) is 2.85. The number of benzene rings is 1. The van der Waals surface area contributed by atoms with Gasteiger partial charge in [0.05, 0.1) is 18.8 Å². The Morgan fingerprint density at radius 3 is 2.61 bits per heavy atom. The lowest BCUT2D eigenvalue weighted by atomic mass is 9.90. The summed E-state index contributed by atoms with van der Waals surface area (Å²) in [6.45, 7) is 5.79. The molecule has 2 amide bonds. The van der Waals surface area contributed by atoms with Gasteiger partial charge in [0.25, 0.3) is 0 Å². The van der Waals surface area contributed by atoms with Crippen LogP contribution in [0.3, 0.4) is 0 Å². The molecular formula is C22H29N3O5S. The number of carbonyl (C=O) groups is 2. The van der Waals surface area contributed by atoms with Crippen LogP contribution < -0.4 is 10.1 Å². The predicted octanol–water partition coefficient (Wildman–Crippen LogP) is 0.997. The molecule has 3 heterocycles. The Kier molecular flexibility index (Phi) is 5.83. The number of carbonyl (C=O) groups excluding carboxylic acids is 2. The molecule has 1 N–H and O–H groups in total. The Balaban J connectivity index is 1.40. The molecule has 0 aromatic heterocycles. The van der Waals surface area contributed by atoms with Crippen molar-refractivity contribution in [3.8, 4) is 5.75 Å². The molecule has 3 aliphatic heterocycles. The van der Waals surface area contributed by atoms with Crippen LogP contribution in [0.25, 0.3) is 0 Å². The molecule has 0 aliphatic carbocycles. The first kappa shape index (κ1) is 21.8. The fourth-order valence-electron chi connectivity index (χ4n) is 4.49. The largest absolute Gasteiger partial charge is 0.485 e. The summed E-state index contributed by atoms with van der Waals surface area (Å²) in [5, 5.41) is 4.21. The number of fused-ring (bicyclic) bond motifs is 1. The summed E-state index contributed by atoms with van der Waals surface area (Å²) in [6, 6.07) is 5.73. The van der Waals surface area contributed by atoms with Crippen LogP contribution >= 0.6 is 0 Å². The first-order valence-corrected chi connectivity index (χ1v) is 12.3. The van der Waals surface area contributed by atoms with Gasteiger partial charge in [0.2, 0.25) is 11.8 Å². The van der Waals surface area contributed by atoms with Crippen molar-refractivity contribution < 1.29 is 22.7 Å². The van der Waals surface area contributed by atoms with Gasteiger partial charge in [-0.15, -0.1) is 0 Å². The summed E-state index contributed by atoms with van der Waals surface area (Å²) >= 11 is 0. The van der Waals surface area contributed by atoms with Gasteiger partial charge in [-0.1, -0.05) is 23.8 Å². The zero-order valence-electron chi connectivity index (χ0n) is 18.0. The van der Waals surface area contributed by atoms with E-state index in [-0.39, 0.29) is 30.2 Å². The summed E-state index contributed by atoms with van der Waals surface area (Å²) in [7, 11) is -3.15. The van der Waals surface area contributed by atoms with Crippen LogP contribution in [-0.2, 0) is 26.0 Å². The number of hydrogen-bond acceptors (Lipinski definition) is 6. The van der Waals surface area contributed by atoms with Crippen molar-refractivity contribution in [3.63, 3.8) is 0 Å². The molecule has 8 nitrogen and oxygen atoms in total. The van der Waals surface area contributed by atoms with Gasteiger partial charge in [0.15, 0.2) is 9.84 Å². The molecule has 1 atom stereocenters. The molecule has 1 saturated heterocycles. The van der Waals surface area contributed by atoms with Crippen LogP contribution in [0.1, 0.15) is 30.9 Å². The van der Waals surface area contributed by atoms with E-state index in [9.17, 15) is 18.0 Å². The highest BCUT2D eigenvalue weighted by Gasteiger charge is 2.42. The van der Waals surface area contributed by atoms with Gasteiger partial charge in [-0.2, -0.15) is 0 Å². The second kappa shape index (κ2) is 8.27. The summed E-state index contributed by atoms with van der Waals surface area (Å²) in [5.41, 5.74) is 1.62. The average molecular weight is 448 g/mol. The minimum atomic E-state index is -3.15. The fourth-order valence-corrected chi connectivity index (χ4v) is 5.76. The van der Waals surface area contributed by atoms with Crippen LogP contribution in [-0.4, -0.2) is 73.6 Å². The van der Waals surface area contributed by atoms with E-state index in [0.29, 0.717) is 39.0 Å². The van der Waals surface area contributed by atoms with E-state index in [0.717, 1.165) is 16.9 Å². The van der Waals surface area contributed by atoms with Gasteiger partial charge in [-0.05, 0) is 13.0 Å². The Morgan fingerprint density at radius 2 is 1.97 bits per heavy atom. The number of hydrogen-bond donors (Lipinski definition) is 1. The van der Waals surface area contributed by atoms with Gasteiger partial charge in [-0.3, -0.25) is 9.59 Å². The maximum absolute atomic E-state index is 12.6. The fraction of sp³-hybridized carbons (Fsp3) is 0.545. The number of nitrogens with one attached hydrogen (secondary N) is 1. The molecule has 31 heavy (non-hydrogen) atoms. The topological polar surface area (TPSA) is 96.0 Å². The number of nitrogens with zero attached hydrogens (tertiary/aromatic N) is 2. The highest BCUT2D eigenvalue weighted by molar-refractivity contribution is 7.94. The summed E-state index contributed by atoms with van der Waals surface area (Å²) in [5.74, 6) is 0.766. The lowest BCUT2D eigenvalue weighted by Crippen LogP contribution is -2.56. The molecule has 1 aromatic carbocycles. The third kappa shape index (κ3) is 4.93. The van der Waals surface area contributed by atoms with Crippen molar-refractivity contribution in [2.75, 3.05) is 31.9 Å². The maximum atomic E-state index is 12.6. The zero-order valence-corrected chi connectivity index (χ0v) is 18.8. The van der Waals surface area contributed by atoms with E-state index < -0.39 is 15.4 Å². The third-order valence-corrected chi connectivity index (χ3v) is 7.70. The molecule has 0 unspecified atom stereocenters. The first-order chi connectivity index (χ1) is 14.6. The first-order valence-electron chi connectivity index (χ1n) is 10.6. The number of amides is 2. The predicted molar refractivity (Wildman–Crippen MR) is 116 cm³/mol. The lowest BCUT2D eigenvalue weighted by Gasteiger charge is -2.42. The van der Waals surface area contributed by atoms with Gasteiger partial charge >= 0.3 is 0 Å². The van der Waals surface area contributed by atoms with E-state index in [1.807, 2.05) is 24.0 Å². The summed E-state index contributed by atoms with van der Waals surface area (Å²) < 4.78 is 29.5. The molecule has 0 radical (unpaired) electrons. The number of aryl methyl sites for hydroxylation is 1. The van der Waals surface area contributed by atoms with E-state index in [1.165, 1.54) is 5.41 Å². The SMILES string of the molecule is CC(=O)N1Cc2cc(C)ccc2OC2(CCN(C(=O)CN[C@@H]3C=CS(=O)(=O)C3)CC2)C1. The smallest absolute Gasteiger partial charge is 0.236 e. The van der Waals surface area contributed by atoms with Gasteiger partial charge in [0.1, 0.15) is 11.4 Å². The van der Waals surface area contributed by atoms with Crippen molar-refractivity contribution in [1.82, 2.24) is 15.1 Å². The van der Waals surface area contributed by atoms with E-state index in [4.69, 9.17) is 4.74 Å². The Bertz CT molecular complexity index is 1010. The minimum Gasteiger partial charge on any atom is -0.485 e. The van der Waals surface area contributed by atoms with Crippen molar-refractivity contribution in [3.05, 3.63) is 40.8 Å². The van der Waals surface area contributed by atoms with E-state index in [1.54, 1.807) is 17.9 Å². The van der Waals surface area contributed by atoms with E-state index in [2.05, 4.69) is 11.4 Å². The molecule has 168 valence electrons. The second-order valence-corrected chi connectivity index (χ2v) is 10.7. The van der Waals surface area contributed by atoms with Crippen molar-refractivity contribution >= 4 is 21.7 Å². The molecule has 4 rings (SSSR count). The molecule has 3 aliphatic rings. The maximum Gasteiger partial charge on any atom is 0.236 e. The monoisotopic (exact) mass is 447 g/mol. The molecular weight excluding hydrogens is 418 g/mol. The van der Waals surface area contributed by atoms with Crippen LogP contribution in [0.4, 0.5) is 0 Å². The van der Waals surface area contributed by atoms with Crippen LogP contribution in [0.15, 0.2) is 29.7 Å². The number of ether oxygens (including phenoxy) is 1. The van der Waals surface area contributed by atoms with Crippen molar-refractivity contribution in [1.29, 1.82) is 0 Å². The Morgan fingerprint density at radius 1 is 1.23 bits per heavy atom. The molecule has 9 heteroatoms.